The Labute approximate surface area is 160 Å². The minimum absolute atomic E-state index is 0.0497. The summed E-state index contributed by atoms with van der Waals surface area (Å²) in [6.45, 7) is 1.78. The first kappa shape index (κ1) is 17.6. The van der Waals surface area contributed by atoms with Gasteiger partial charge in [-0.3, -0.25) is 19.6 Å². The van der Waals surface area contributed by atoms with Gasteiger partial charge in [0.25, 0.3) is 5.56 Å². The van der Waals surface area contributed by atoms with Crippen LogP contribution in [0.1, 0.15) is 5.69 Å². The number of imidazole rings is 1. The van der Waals surface area contributed by atoms with E-state index in [2.05, 4.69) is 20.6 Å². The van der Waals surface area contributed by atoms with Gasteiger partial charge in [-0.25, -0.2) is 9.67 Å². The van der Waals surface area contributed by atoms with Crippen molar-refractivity contribution in [2.24, 2.45) is 7.05 Å². The highest BCUT2D eigenvalue weighted by Gasteiger charge is 2.17. The second kappa shape index (κ2) is 7.07. The molecule has 4 rings (SSSR count). The quantitative estimate of drug-likeness (QED) is 0.498. The summed E-state index contributed by atoms with van der Waals surface area (Å²) < 4.78 is 3.33. The van der Waals surface area contributed by atoms with Crippen LogP contribution in [0.5, 0.6) is 0 Å². The fourth-order valence-corrected chi connectivity index (χ4v) is 3.13. The minimum Gasteiger partial charge on any atom is -0.370 e. The highest BCUT2D eigenvalue weighted by molar-refractivity contribution is 5.93. The summed E-state index contributed by atoms with van der Waals surface area (Å²) in [7, 11) is 1.81. The summed E-state index contributed by atoms with van der Waals surface area (Å²) in [6.07, 6.45) is 0. The number of hydrogen-bond acceptors (Lipinski definition) is 4. The van der Waals surface area contributed by atoms with E-state index in [1.54, 1.807) is 9.36 Å². The van der Waals surface area contributed by atoms with Crippen LogP contribution in [-0.4, -0.2) is 31.8 Å². The number of anilines is 2. The van der Waals surface area contributed by atoms with Crippen molar-refractivity contribution in [2.45, 2.75) is 6.92 Å². The molecule has 0 aliphatic carbocycles. The summed E-state index contributed by atoms with van der Waals surface area (Å²) in [4.78, 5) is 32.5. The van der Waals surface area contributed by atoms with E-state index in [1.165, 1.54) is 0 Å². The normalized spacial score (nSPS) is 10.9. The van der Waals surface area contributed by atoms with Crippen LogP contribution in [0.3, 0.4) is 0 Å². The first-order valence-corrected chi connectivity index (χ1v) is 8.87. The number of para-hydroxylation sites is 3. The number of benzene rings is 2. The van der Waals surface area contributed by atoms with Gasteiger partial charge in [0, 0.05) is 7.05 Å². The number of nitrogens with zero attached hydrogens (tertiary/aromatic N) is 3. The zero-order valence-electron chi connectivity index (χ0n) is 15.6. The fraction of sp³-hybridized carbons (Fsp3) is 0.150. The molecule has 1 amide bonds. The average molecular weight is 376 g/mol. The van der Waals surface area contributed by atoms with Crippen LogP contribution in [0.15, 0.2) is 59.4 Å². The number of amides is 1. The maximum absolute atomic E-state index is 12.8. The third kappa shape index (κ3) is 3.16. The molecule has 0 saturated carbocycles. The number of H-pyrrole nitrogens is 1. The molecule has 0 fully saturated rings. The van der Waals surface area contributed by atoms with E-state index in [0.29, 0.717) is 11.6 Å². The van der Waals surface area contributed by atoms with Crippen LogP contribution in [0, 0.1) is 6.92 Å². The molecule has 3 N–H and O–H groups in total. The van der Waals surface area contributed by atoms with E-state index in [4.69, 9.17) is 0 Å². The lowest BCUT2D eigenvalue weighted by atomic mass is 10.3. The fourth-order valence-electron chi connectivity index (χ4n) is 3.13. The zero-order valence-corrected chi connectivity index (χ0v) is 15.6. The van der Waals surface area contributed by atoms with E-state index < -0.39 is 0 Å². The number of carbonyl (C=O) groups is 1. The van der Waals surface area contributed by atoms with Crippen molar-refractivity contribution >= 4 is 28.6 Å². The Balaban J connectivity index is 1.50. The largest absolute Gasteiger partial charge is 0.370 e. The summed E-state index contributed by atoms with van der Waals surface area (Å²) in [5.41, 5.74) is 3.31. The van der Waals surface area contributed by atoms with Crippen molar-refractivity contribution < 1.29 is 4.79 Å². The Morgan fingerprint density at radius 2 is 1.82 bits per heavy atom. The molecule has 8 heteroatoms. The van der Waals surface area contributed by atoms with Gasteiger partial charge in [0.05, 0.1) is 29.0 Å². The zero-order chi connectivity index (χ0) is 19.7. The topological polar surface area (TPSA) is 96.7 Å². The van der Waals surface area contributed by atoms with Crippen molar-refractivity contribution in [3.05, 3.63) is 70.6 Å². The average Bonchev–Trinajstić information content (AvgIpc) is 3.19. The molecule has 2 aromatic carbocycles. The van der Waals surface area contributed by atoms with Crippen molar-refractivity contribution in [1.82, 2.24) is 19.3 Å². The van der Waals surface area contributed by atoms with Gasteiger partial charge in [0.1, 0.15) is 5.69 Å². The molecule has 142 valence electrons. The third-order valence-corrected chi connectivity index (χ3v) is 4.63. The molecule has 8 nitrogen and oxygen atoms in total. The summed E-state index contributed by atoms with van der Waals surface area (Å²) in [5, 5.41) is 5.67. The van der Waals surface area contributed by atoms with Crippen molar-refractivity contribution in [2.75, 3.05) is 17.2 Å². The molecular weight excluding hydrogens is 356 g/mol. The molecule has 0 aliphatic heterocycles. The van der Waals surface area contributed by atoms with Crippen LogP contribution >= 0.6 is 0 Å². The SMILES string of the molecule is Cc1c(NCC(=O)Nc2nc3ccccc3[nH]2)c(=O)n(-c2ccccc2)n1C. The maximum atomic E-state index is 12.8. The number of nitrogens with one attached hydrogen (secondary N) is 3. The van der Waals surface area contributed by atoms with E-state index in [0.717, 1.165) is 22.4 Å². The van der Waals surface area contributed by atoms with Gasteiger partial charge in [-0.15, -0.1) is 0 Å². The first-order valence-electron chi connectivity index (χ1n) is 8.87. The number of rotatable bonds is 5. The van der Waals surface area contributed by atoms with Gasteiger partial charge in [0.15, 0.2) is 0 Å². The molecule has 0 atom stereocenters. The summed E-state index contributed by atoms with van der Waals surface area (Å²) >= 11 is 0. The Hall–Kier alpha value is -3.81. The molecule has 0 bridgehead atoms. The molecule has 0 aliphatic rings. The van der Waals surface area contributed by atoms with Gasteiger partial charge >= 0.3 is 0 Å². The maximum Gasteiger partial charge on any atom is 0.295 e. The Morgan fingerprint density at radius 1 is 1.11 bits per heavy atom. The van der Waals surface area contributed by atoms with Crippen molar-refractivity contribution in [1.29, 1.82) is 0 Å². The van der Waals surface area contributed by atoms with Crippen LogP contribution in [0.25, 0.3) is 16.7 Å². The predicted octanol–water partition coefficient (Wildman–Crippen LogP) is 2.41. The van der Waals surface area contributed by atoms with E-state index >= 15 is 0 Å². The van der Waals surface area contributed by atoms with Gasteiger partial charge in [-0.05, 0) is 31.2 Å². The number of aromatic nitrogens is 4. The lowest BCUT2D eigenvalue weighted by molar-refractivity contribution is -0.114. The van der Waals surface area contributed by atoms with Gasteiger partial charge in [-0.1, -0.05) is 30.3 Å². The van der Waals surface area contributed by atoms with Crippen LogP contribution in [0.2, 0.25) is 0 Å². The first-order chi connectivity index (χ1) is 13.5. The highest BCUT2D eigenvalue weighted by Crippen LogP contribution is 2.15. The van der Waals surface area contributed by atoms with Gasteiger partial charge in [-0.2, -0.15) is 0 Å². The molecule has 4 aromatic rings. The number of aromatic amines is 1. The second-order valence-electron chi connectivity index (χ2n) is 6.44. The van der Waals surface area contributed by atoms with Crippen LogP contribution in [0.4, 0.5) is 11.6 Å². The molecule has 0 unspecified atom stereocenters. The molecule has 0 spiro atoms. The smallest absolute Gasteiger partial charge is 0.295 e. The molecule has 2 heterocycles. The van der Waals surface area contributed by atoms with Crippen molar-refractivity contribution in [3.8, 4) is 5.69 Å². The Kier molecular flexibility index (Phi) is 4.44. The van der Waals surface area contributed by atoms with Gasteiger partial charge < -0.3 is 10.3 Å². The van der Waals surface area contributed by atoms with Crippen LogP contribution < -0.4 is 16.2 Å². The molecule has 2 aromatic heterocycles. The third-order valence-electron chi connectivity index (χ3n) is 4.63. The van der Waals surface area contributed by atoms with E-state index in [1.807, 2.05) is 68.6 Å². The molecule has 0 saturated heterocycles. The van der Waals surface area contributed by atoms with Crippen molar-refractivity contribution in [3.63, 3.8) is 0 Å². The lowest BCUT2D eigenvalue weighted by Crippen LogP contribution is -2.26. The van der Waals surface area contributed by atoms with E-state index in [-0.39, 0.29) is 18.0 Å². The molecular formula is C20H20N6O2. The van der Waals surface area contributed by atoms with Gasteiger partial charge in [0.2, 0.25) is 11.9 Å². The number of hydrogen-bond donors (Lipinski definition) is 3. The second-order valence-corrected chi connectivity index (χ2v) is 6.44. The highest BCUT2D eigenvalue weighted by atomic mass is 16.2. The number of carbonyl (C=O) groups excluding carboxylic acids is 1. The number of fused-ring (bicyclic) bond motifs is 1. The Morgan fingerprint density at radius 3 is 2.57 bits per heavy atom. The van der Waals surface area contributed by atoms with Crippen LogP contribution in [-0.2, 0) is 11.8 Å². The Bertz CT molecular complexity index is 1170. The summed E-state index contributed by atoms with van der Waals surface area (Å²) in [5.74, 6) is 0.0763. The predicted molar refractivity (Wildman–Crippen MR) is 109 cm³/mol. The summed E-state index contributed by atoms with van der Waals surface area (Å²) in [6, 6.07) is 16.9. The monoisotopic (exact) mass is 376 g/mol. The minimum atomic E-state index is -0.298. The standard InChI is InChI=1S/C20H20N6O2/c1-13-18(19(28)26(25(13)2)14-8-4-3-5-9-14)21-12-17(27)24-20-22-15-10-6-7-11-16(15)23-20/h3-11,21H,12H2,1-2H3,(H2,22,23,24,27). The molecule has 0 radical (unpaired) electrons. The van der Waals surface area contributed by atoms with E-state index in [9.17, 15) is 9.59 Å². The molecule has 28 heavy (non-hydrogen) atoms. The lowest BCUT2D eigenvalue weighted by Gasteiger charge is -2.07.